The van der Waals surface area contributed by atoms with E-state index < -0.39 is 0 Å². The average molecular weight is 309 g/mol. The molecule has 1 aliphatic rings. The number of halogens is 1. The van der Waals surface area contributed by atoms with Crippen LogP contribution in [0.4, 0.5) is 0 Å². The molecule has 0 aliphatic heterocycles. The van der Waals surface area contributed by atoms with Crippen molar-refractivity contribution in [2.24, 2.45) is 13.0 Å². The van der Waals surface area contributed by atoms with Crippen LogP contribution in [0, 0.1) is 5.92 Å². The molecule has 21 heavy (non-hydrogen) atoms. The van der Waals surface area contributed by atoms with Gasteiger partial charge in [-0.3, -0.25) is 4.68 Å². The fourth-order valence-corrected chi connectivity index (χ4v) is 3.49. The highest BCUT2D eigenvalue weighted by Gasteiger charge is 2.27. The second-order valence-electron chi connectivity index (χ2n) is 6.36. The third-order valence-electron chi connectivity index (χ3n) is 4.43. The molecule has 2 aromatic heterocycles. The van der Waals surface area contributed by atoms with Crippen LogP contribution < -0.4 is 0 Å². The molecule has 0 aromatic carbocycles. The molecule has 5 heteroatoms. The molecule has 2 heterocycles. The summed E-state index contributed by atoms with van der Waals surface area (Å²) in [4.78, 5) is 4.89. The van der Waals surface area contributed by atoms with Gasteiger partial charge in [0.25, 0.3) is 0 Å². The molecule has 1 unspecified atom stereocenters. The Kier molecular flexibility index (Phi) is 4.25. The van der Waals surface area contributed by atoms with Crippen molar-refractivity contribution in [1.82, 2.24) is 19.3 Å². The lowest BCUT2D eigenvalue weighted by molar-refractivity contribution is 0.465. The molecule has 116 valence electrons. The molecule has 1 aliphatic carbocycles. The Bertz CT molecular complexity index is 624. The number of alkyl halides is 1. The summed E-state index contributed by atoms with van der Waals surface area (Å²) < 4.78 is 4.40. The zero-order chi connectivity index (χ0) is 15.0. The van der Waals surface area contributed by atoms with Gasteiger partial charge in [0.15, 0.2) is 5.65 Å². The minimum atomic E-state index is 0.477. The van der Waals surface area contributed by atoms with Crippen molar-refractivity contribution in [2.45, 2.75) is 58.4 Å². The minimum Gasteiger partial charge on any atom is -0.310 e. The molecule has 1 fully saturated rings. The van der Waals surface area contributed by atoms with Crippen molar-refractivity contribution in [1.29, 1.82) is 0 Å². The predicted molar refractivity (Wildman–Crippen MR) is 87.0 cm³/mol. The molecule has 0 amide bonds. The molecule has 0 N–H and O–H groups in total. The second kappa shape index (κ2) is 5.99. The Hall–Kier alpha value is -1.03. The van der Waals surface area contributed by atoms with E-state index in [1.54, 1.807) is 0 Å². The SMILES string of the molecule is CCCc1nn(C)c2c1nc(CCCl)n2C(C)CC1CC1. The number of imidazole rings is 1. The van der Waals surface area contributed by atoms with E-state index in [4.69, 9.17) is 16.6 Å². The van der Waals surface area contributed by atoms with E-state index in [0.717, 1.165) is 42.2 Å². The number of hydrogen-bond donors (Lipinski definition) is 0. The summed E-state index contributed by atoms with van der Waals surface area (Å²) >= 11 is 5.99. The van der Waals surface area contributed by atoms with E-state index in [2.05, 4.69) is 23.5 Å². The fourth-order valence-electron chi connectivity index (χ4n) is 3.32. The van der Waals surface area contributed by atoms with Gasteiger partial charge >= 0.3 is 0 Å². The van der Waals surface area contributed by atoms with Crippen molar-refractivity contribution in [3.63, 3.8) is 0 Å². The van der Waals surface area contributed by atoms with Crippen LogP contribution >= 0.6 is 11.6 Å². The van der Waals surface area contributed by atoms with Gasteiger partial charge in [0.1, 0.15) is 11.3 Å². The van der Waals surface area contributed by atoms with Gasteiger partial charge in [0, 0.05) is 25.4 Å². The van der Waals surface area contributed by atoms with Crippen LogP contribution in [0.5, 0.6) is 0 Å². The Morgan fingerprint density at radius 2 is 2.10 bits per heavy atom. The van der Waals surface area contributed by atoms with Crippen LogP contribution in [0.2, 0.25) is 0 Å². The molecule has 0 bridgehead atoms. The molecular formula is C16H25ClN4. The normalized spacial score (nSPS) is 16.8. The average Bonchev–Trinajstić information content (AvgIpc) is 3.09. The summed E-state index contributed by atoms with van der Waals surface area (Å²) in [7, 11) is 2.04. The van der Waals surface area contributed by atoms with Crippen molar-refractivity contribution in [3.8, 4) is 0 Å². The topological polar surface area (TPSA) is 35.6 Å². The van der Waals surface area contributed by atoms with Crippen LogP contribution in [0.25, 0.3) is 11.2 Å². The largest absolute Gasteiger partial charge is 0.310 e. The van der Waals surface area contributed by atoms with Crippen LogP contribution in [-0.2, 0) is 19.9 Å². The summed E-state index contributed by atoms with van der Waals surface area (Å²) in [6.07, 6.45) is 6.94. The molecular weight excluding hydrogens is 284 g/mol. The minimum absolute atomic E-state index is 0.477. The molecule has 3 rings (SSSR count). The van der Waals surface area contributed by atoms with E-state index in [1.165, 1.54) is 24.9 Å². The van der Waals surface area contributed by atoms with Gasteiger partial charge in [0.2, 0.25) is 0 Å². The van der Waals surface area contributed by atoms with E-state index in [-0.39, 0.29) is 0 Å². The molecule has 2 aromatic rings. The van der Waals surface area contributed by atoms with E-state index >= 15 is 0 Å². The second-order valence-corrected chi connectivity index (χ2v) is 6.74. The van der Waals surface area contributed by atoms with Gasteiger partial charge in [-0.15, -0.1) is 11.6 Å². The van der Waals surface area contributed by atoms with Gasteiger partial charge < -0.3 is 4.57 Å². The Morgan fingerprint density at radius 3 is 2.71 bits per heavy atom. The van der Waals surface area contributed by atoms with E-state index in [9.17, 15) is 0 Å². The summed E-state index contributed by atoms with van der Waals surface area (Å²) in [5.41, 5.74) is 3.39. The zero-order valence-electron chi connectivity index (χ0n) is 13.3. The lowest BCUT2D eigenvalue weighted by Crippen LogP contribution is -2.13. The fraction of sp³-hybridized carbons (Fsp3) is 0.750. The summed E-state index contributed by atoms with van der Waals surface area (Å²) in [5, 5.41) is 4.68. The maximum absolute atomic E-state index is 5.99. The highest BCUT2D eigenvalue weighted by Crippen LogP contribution is 2.38. The van der Waals surface area contributed by atoms with Crippen molar-refractivity contribution >= 4 is 22.8 Å². The first-order valence-electron chi connectivity index (χ1n) is 8.14. The maximum Gasteiger partial charge on any atom is 0.158 e. The van der Waals surface area contributed by atoms with Gasteiger partial charge in [-0.25, -0.2) is 4.98 Å². The summed E-state index contributed by atoms with van der Waals surface area (Å²) in [6, 6.07) is 0.477. The molecule has 4 nitrogen and oxygen atoms in total. The zero-order valence-corrected chi connectivity index (χ0v) is 14.0. The standard InChI is InChI=1S/C16H25ClN4/c1-4-5-13-15-16(20(3)19-13)21(14(18-15)8-9-17)11(2)10-12-6-7-12/h11-12H,4-10H2,1-3H3. The van der Waals surface area contributed by atoms with E-state index in [1.807, 2.05) is 11.7 Å². The summed E-state index contributed by atoms with van der Waals surface area (Å²) in [6.45, 7) is 4.50. The van der Waals surface area contributed by atoms with Crippen molar-refractivity contribution < 1.29 is 0 Å². The Labute approximate surface area is 131 Å². The lowest BCUT2D eigenvalue weighted by atomic mass is 10.1. The van der Waals surface area contributed by atoms with E-state index in [0.29, 0.717) is 11.9 Å². The lowest BCUT2D eigenvalue weighted by Gasteiger charge is -2.17. The van der Waals surface area contributed by atoms with Crippen LogP contribution in [0.1, 0.15) is 57.1 Å². The highest BCUT2D eigenvalue weighted by molar-refractivity contribution is 6.17. The smallest absolute Gasteiger partial charge is 0.158 e. The van der Waals surface area contributed by atoms with Gasteiger partial charge in [-0.1, -0.05) is 26.2 Å². The van der Waals surface area contributed by atoms with Gasteiger partial charge in [-0.05, 0) is 25.7 Å². The first kappa shape index (κ1) is 14.9. The molecule has 0 spiro atoms. The van der Waals surface area contributed by atoms with Gasteiger partial charge in [0.05, 0.1) is 5.69 Å². The number of aryl methyl sites for hydroxylation is 3. The Balaban J connectivity index is 2.06. The Morgan fingerprint density at radius 1 is 1.33 bits per heavy atom. The molecule has 0 radical (unpaired) electrons. The summed E-state index contributed by atoms with van der Waals surface area (Å²) in [5.74, 6) is 2.65. The number of aromatic nitrogens is 4. The first-order chi connectivity index (χ1) is 10.2. The first-order valence-corrected chi connectivity index (χ1v) is 8.67. The van der Waals surface area contributed by atoms with Crippen LogP contribution in [-0.4, -0.2) is 25.2 Å². The van der Waals surface area contributed by atoms with Crippen LogP contribution in [0.15, 0.2) is 0 Å². The molecule has 1 atom stereocenters. The third-order valence-corrected chi connectivity index (χ3v) is 4.62. The monoisotopic (exact) mass is 308 g/mol. The molecule has 1 saturated carbocycles. The highest BCUT2D eigenvalue weighted by atomic mass is 35.5. The predicted octanol–water partition coefficient (Wildman–Crippen LogP) is 3.86. The number of hydrogen-bond acceptors (Lipinski definition) is 2. The number of nitrogens with zero attached hydrogens (tertiary/aromatic N) is 4. The quantitative estimate of drug-likeness (QED) is 0.728. The van der Waals surface area contributed by atoms with Crippen molar-refractivity contribution in [3.05, 3.63) is 11.5 Å². The number of fused-ring (bicyclic) bond motifs is 1. The van der Waals surface area contributed by atoms with Crippen LogP contribution in [0.3, 0.4) is 0 Å². The van der Waals surface area contributed by atoms with Crippen molar-refractivity contribution in [2.75, 3.05) is 5.88 Å². The third kappa shape index (κ3) is 2.83. The molecule has 0 saturated heterocycles. The van der Waals surface area contributed by atoms with Gasteiger partial charge in [-0.2, -0.15) is 5.10 Å². The number of rotatable bonds is 7. The maximum atomic E-state index is 5.99.